The first-order valence-electron chi connectivity index (χ1n) is 12.2. The van der Waals surface area contributed by atoms with Crippen molar-refractivity contribution < 1.29 is 9.59 Å². The molecule has 0 spiro atoms. The Morgan fingerprint density at radius 1 is 1.19 bits per heavy atom. The predicted octanol–water partition coefficient (Wildman–Crippen LogP) is 4.95. The fourth-order valence-corrected chi connectivity index (χ4v) is 6.12. The van der Waals surface area contributed by atoms with Crippen molar-refractivity contribution in [3.63, 3.8) is 0 Å². The number of anilines is 1. The van der Waals surface area contributed by atoms with Crippen molar-refractivity contribution in [2.24, 2.45) is 0 Å². The topological polar surface area (TPSA) is 91.3 Å². The third-order valence-electron chi connectivity index (χ3n) is 6.12. The Morgan fingerprint density at radius 3 is 2.89 bits per heavy atom. The van der Waals surface area contributed by atoms with E-state index in [2.05, 4.69) is 32.2 Å². The molecular formula is C27H28N6O2S2. The number of aromatic nitrogens is 3. The minimum Gasteiger partial charge on any atom is -0.333 e. The Labute approximate surface area is 224 Å². The maximum absolute atomic E-state index is 13.3. The molecule has 5 rings (SSSR count). The van der Waals surface area contributed by atoms with Crippen LogP contribution in [0.4, 0.5) is 5.13 Å². The Bertz CT molecular complexity index is 1400. The molecule has 0 radical (unpaired) electrons. The van der Waals surface area contributed by atoms with Crippen molar-refractivity contribution in [3.8, 4) is 10.6 Å². The first kappa shape index (κ1) is 25.2. The van der Waals surface area contributed by atoms with E-state index in [4.69, 9.17) is 0 Å². The van der Waals surface area contributed by atoms with Crippen molar-refractivity contribution in [1.82, 2.24) is 24.8 Å². The van der Waals surface area contributed by atoms with Gasteiger partial charge in [0, 0.05) is 66.4 Å². The molecule has 190 valence electrons. The van der Waals surface area contributed by atoms with Crippen LogP contribution < -0.4 is 5.32 Å². The smallest absolute Gasteiger partial charge is 0.273 e. The SMILES string of the molecule is CCCN(Cc1cccc(C(=O)Nc2nc3c(s2)CN(C)CC3)c1)C(=O)c1csc(-c2cccnc2)n1. The number of hydrogen-bond donors (Lipinski definition) is 1. The van der Waals surface area contributed by atoms with Gasteiger partial charge in [-0.3, -0.25) is 19.9 Å². The van der Waals surface area contributed by atoms with E-state index in [0.29, 0.717) is 29.5 Å². The minimum absolute atomic E-state index is 0.124. The number of nitrogens with one attached hydrogen (secondary N) is 1. The number of amides is 2. The number of rotatable bonds is 8. The monoisotopic (exact) mass is 532 g/mol. The quantitative estimate of drug-likeness (QED) is 0.345. The Kier molecular flexibility index (Phi) is 7.68. The van der Waals surface area contributed by atoms with Crippen LogP contribution >= 0.6 is 22.7 Å². The predicted molar refractivity (Wildman–Crippen MR) is 147 cm³/mol. The molecule has 0 saturated carbocycles. The number of nitrogens with zero attached hydrogens (tertiary/aromatic N) is 5. The molecule has 37 heavy (non-hydrogen) atoms. The van der Waals surface area contributed by atoms with Crippen molar-refractivity contribution in [3.05, 3.63) is 81.6 Å². The molecule has 8 nitrogen and oxygen atoms in total. The average molecular weight is 533 g/mol. The van der Waals surface area contributed by atoms with Gasteiger partial charge in [-0.2, -0.15) is 0 Å². The Hall–Kier alpha value is -3.47. The number of carbonyl (C=O) groups is 2. The van der Waals surface area contributed by atoms with E-state index in [9.17, 15) is 9.59 Å². The van der Waals surface area contributed by atoms with Crippen molar-refractivity contribution in [2.45, 2.75) is 32.9 Å². The van der Waals surface area contributed by atoms with Gasteiger partial charge in [0.25, 0.3) is 11.8 Å². The molecule has 0 fully saturated rings. The molecule has 0 saturated heterocycles. The fourth-order valence-electron chi connectivity index (χ4n) is 4.26. The van der Waals surface area contributed by atoms with Gasteiger partial charge in [0.2, 0.25) is 0 Å². The van der Waals surface area contributed by atoms with Crippen LogP contribution in [0.1, 0.15) is 50.3 Å². The third-order valence-corrected chi connectivity index (χ3v) is 8.01. The first-order chi connectivity index (χ1) is 18.0. The molecule has 4 aromatic rings. The van der Waals surface area contributed by atoms with Gasteiger partial charge in [-0.1, -0.05) is 19.1 Å². The second kappa shape index (κ2) is 11.3. The van der Waals surface area contributed by atoms with Gasteiger partial charge in [-0.05, 0) is 43.3 Å². The van der Waals surface area contributed by atoms with Crippen LogP contribution in [-0.2, 0) is 19.5 Å². The Morgan fingerprint density at radius 2 is 2.08 bits per heavy atom. The van der Waals surface area contributed by atoms with E-state index in [1.807, 2.05) is 37.3 Å². The molecule has 0 atom stereocenters. The maximum atomic E-state index is 13.3. The van der Waals surface area contributed by atoms with Gasteiger partial charge in [0.05, 0.1) is 5.69 Å². The van der Waals surface area contributed by atoms with Gasteiger partial charge < -0.3 is 9.80 Å². The summed E-state index contributed by atoms with van der Waals surface area (Å²) in [6, 6.07) is 11.2. The molecule has 10 heteroatoms. The molecule has 0 bridgehead atoms. The van der Waals surface area contributed by atoms with E-state index in [1.165, 1.54) is 27.6 Å². The number of benzene rings is 1. The summed E-state index contributed by atoms with van der Waals surface area (Å²) in [5.74, 6) is -0.322. The number of fused-ring (bicyclic) bond motifs is 1. The van der Waals surface area contributed by atoms with Crippen LogP contribution in [-0.4, -0.2) is 56.7 Å². The van der Waals surface area contributed by atoms with E-state index in [1.54, 1.807) is 28.7 Å². The van der Waals surface area contributed by atoms with E-state index >= 15 is 0 Å². The van der Waals surface area contributed by atoms with Crippen molar-refractivity contribution >= 4 is 39.6 Å². The van der Waals surface area contributed by atoms with Crippen LogP contribution in [0.5, 0.6) is 0 Å². The third kappa shape index (κ3) is 5.93. The molecule has 0 unspecified atom stereocenters. The number of carbonyl (C=O) groups excluding carboxylic acids is 2. The van der Waals surface area contributed by atoms with Crippen LogP contribution in [0.3, 0.4) is 0 Å². The summed E-state index contributed by atoms with van der Waals surface area (Å²) in [5.41, 5.74) is 3.82. The maximum Gasteiger partial charge on any atom is 0.273 e. The lowest BCUT2D eigenvalue weighted by Crippen LogP contribution is -2.31. The highest BCUT2D eigenvalue weighted by atomic mass is 32.1. The number of hydrogen-bond acceptors (Lipinski definition) is 8. The molecular weight excluding hydrogens is 504 g/mol. The zero-order valence-electron chi connectivity index (χ0n) is 20.8. The van der Waals surface area contributed by atoms with Crippen LogP contribution in [0.15, 0.2) is 54.2 Å². The summed E-state index contributed by atoms with van der Waals surface area (Å²) in [6.45, 7) is 4.87. The largest absolute Gasteiger partial charge is 0.333 e. The standard InChI is InChI=1S/C27H28N6O2S2/c1-3-11-33(26(35)22-17-36-25(29-22)20-8-5-10-28-14-20)15-18-6-4-7-19(13-18)24(34)31-27-30-21-9-12-32(2)16-23(21)37-27/h4-8,10,13-14,17H,3,9,11-12,15-16H2,1-2H3,(H,30,31,34). The highest BCUT2D eigenvalue weighted by molar-refractivity contribution is 7.16. The molecule has 3 aromatic heterocycles. The zero-order chi connectivity index (χ0) is 25.8. The molecule has 1 aliphatic heterocycles. The molecule has 1 aromatic carbocycles. The molecule has 4 heterocycles. The van der Waals surface area contributed by atoms with Gasteiger partial charge in [-0.25, -0.2) is 9.97 Å². The van der Waals surface area contributed by atoms with Crippen molar-refractivity contribution in [2.75, 3.05) is 25.5 Å². The molecule has 2 amide bonds. The van der Waals surface area contributed by atoms with Crippen LogP contribution in [0.2, 0.25) is 0 Å². The van der Waals surface area contributed by atoms with Gasteiger partial charge >= 0.3 is 0 Å². The number of likely N-dealkylation sites (N-methyl/N-ethyl adjacent to an activating group) is 1. The molecule has 0 aliphatic carbocycles. The summed E-state index contributed by atoms with van der Waals surface area (Å²) in [7, 11) is 2.09. The van der Waals surface area contributed by atoms with Crippen LogP contribution in [0.25, 0.3) is 10.6 Å². The molecule has 1 aliphatic rings. The lowest BCUT2D eigenvalue weighted by atomic mass is 10.1. The fraction of sp³-hybridized carbons (Fsp3) is 0.296. The van der Waals surface area contributed by atoms with E-state index in [-0.39, 0.29) is 11.8 Å². The average Bonchev–Trinajstić information content (AvgIpc) is 3.56. The number of thiazole rings is 2. The Balaban J connectivity index is 1.28. The van der Waals surface area contributed by atoms with E-state index < -0.39 is 0 Å². The summed E-state index contributed by atoms with van der Waals surface area (Å²) in [6.07, 6.45) is 5.17. The second-order valence-electron chi connectivity index (χ2n) is 9.04. The summed E-state index contributed by atoms with van der Waals surface area (Å²) in [4.78, 5) is 44.9. The highest BCUT2D eigenvalue weighted by Gasteiger charge is 2.21. The van der Waals surface area contributed by atoms with Gasteiger partial charge in [0.15, 0.2) is 5.13 Å². The molecule has 1 N–H and O–H groups in total. The first-order valence-corrected chi connectivity index (χ1v) is 13.9. The lowest BCUT2D eigenvalue weighted by molar-refractivity contribution is 0.0738. The van der Waals surface area contributed by atoms with Gasteiger partial charge in [0.1, 0.15) is 10.7 Å². The lowest BCUT2D eigenvalue weighted by Gasteiger charge is -2.21. The number of pyridine rings is 1. The summed E-state index contributed by atoms with van der Waals surface area (Å²) in [5, 5.41) is 6.15. The minimum atomic E-state index is -0.199. The van der Waals surface area contributed by atoms with Gasteiger partial charge in [-0.15, -0.1) is 22.7 Å². The van der Waals surface area contributed by atoms with E-state index in [0.717, 1.165) is 47.8 Å². The summed E-state index contributed by atoms with van der Waals surface area (Å²) < 4.78 is 0. The second-order valence-corrected chi connectivity index (χ2v) is 11.0. The van der Waals surface area contributed by atoms with Crippen molar-refractivity contribution in [1.29, 1.82) is 0 Å². The summed E-state index contributed by atoms with van der Waals surface area (Å²) >= 11 is 2.97. The van der Waals surface area contributed by atoms with Crippen LogP contribution in [0, 0.1) is 0 Å². The normalized spacial score (nSPS) is 13.2. The highest BCUT2D eigenvalue weighted by Crippen LogP contribution is 2.28. The zero-order valence-corrected chi connectivity index (χ0v) is 22.4.